The third kappa shape index (κ3) is 4.18. The van der Waals surface area contributed by atoms with Crippen molar-refractivity contribution in [3.8, 4) is 5.69 Å². The number of para-hydroxylation sites is 1. The van der Waals surface area contributed by atoms with E-state index in [1.54, 1.807) is 4.68 Å². The molecule has 6 nitrogen and oxygen atoms in total. The van der Waals surface area contributed by atoms with Gasteiger partial charge in [-0.15, -0.1) is 5.10 Å². The standard InChI is InChI=1S/C39H50BrN3O3/c1-23-14-17-39(34(45)46)19-18-37(6)27(32(39)24(23)2)12-13-31-36(5)21-25(33(44)35(3,4)30(36)15-16-38(31,37)7)20-26-22-43(42-41-26)29-11-9-8-10-28(29)40/h8-12,20,22-24,30-32H,13-19,21H2,1-7H3,(H,45,46)/b25-20-/t23-,24+,30-,31-,32+,36+,37-,38-,39+/m1/s1. The predicted molar refractivity (Wildman–Crippen MR) is 184 cm³/mol. The highest BCUT2D eigenvalue weighted by Gasteiger charge is 2.70. The van der Waals surface area contributed by atoms with Crippen LogP contribution in [0, 0.1) is 56.7 Å². The van der Waals surface area contributed by atoms with E-state index < -0.39 is 16.8 Å². The molecule has 0 radical (unpaired) electrons. The van der Waals surface area contributed by atoms with Crippen molar-refractivity contribution in [2.75, 3.05) is 0 Å². The Kier molecular flexibility index (Phi) is 7.30. The average molecular weight is 689 g/mol. The van der Waals surface area contributed by atoms with Gasteiger partial charge in [0.05, 0.1) is 17.3 Å². The third-order valence-electron chi connectivity index (χ3n) is 14.9. The number of carbonyl (C=O) groups excluding carboxylic acids is 1. The Labute approximate surface area is 282 Å². The second kappa shape index (κ2) is 10.5. The summed E-state index contributed by atoms with van der Waals surface area (Å²) in [5, 5.41) is 19.6. The molecule has 7 heteroatoms. The number of hydrogen-bond donors (Lipinski definition) is 1. The minimum Gasteiger partial charge on any atom is -0.481 e. The molecular formula is C39H50BrN3O3. The number of benzene rings is 1. The van der Waals surface area contributed by atoms with Crippen LogP contribution in [0.1, 0.15) is 106 Å². The second-order valence-electron chi connectivity index (χ2n) is 17.0. The molecule has 0 spiro atoms. The number of ketones is 1. The van der Waals surface area contributed by atoms with Crippen molar-refractivity contribution in [2.24, 2.45) is 56.7 Å². The predicted octanol–water partition coefficient (Wildman–Crippen LogP) is 9.33. The maximum absolute atomic E-state index is 14.2. The average Bonchev–Trinajstić information content (AvgIpc) is 3.46. The lowest BCUT2D eigenvalue weighted by molar-refractivity contribution is -0.185. The molecule has 246 valence electrons. The highest BCUT2D eigenvalue weighted by molar-refractivity contribution is 9.10. The van der Waals surface area contributed by atoms with Gasteiger partial charge in [0, 0.05) is 9.89 Å². The fourth-order valence-electron chi connectivity index (χ4n) is 12.1. The van der Waals surface area contributed by atoms with E-state index in [1.807, 2.05) is 36.5 Å². The minimum absolute atomic E-state index is 0.0255. The summed E-state index contributed by atoms with van der Waals surface area (Å²) in [6.07, 6.45) is 13.7. The number of allylic oxidation sites excluding steroid dienone is 3. The summed E-state index contributed by atoms with van der Waals surface area (Å²) in [5.74, 6) is 1.32. The van der Waals surface area contributed by atoms with Gasteiger partial charge >= 0.3 is 5.97 Å². The molecule has 5 aliphatic carbocycles. The summed E-state index contributed by atoms with van der Waals surface area (Å²) < 4.78 is 2.70. The normalized spacial score (nSPS) is 42.3. The molecule has 4 saturated carbocycles. The largest absolute Gasteiger partial charge is 0.481 e. The van der Waals surface area contributed by atoms with Crippen LogP contribution in [-0.4, -0.2) is 31.9 Å². The van der Waals surface area contributed by atoms with Crippen molar-refractivity contribution in [1.29, 1.82) is 0 Å². The zero-order chi connectivity index (χ0) is 33.0. The molecule has 1 aromatic carbocycles. The Bertz CT molecular complexity index is 1670. The summed E-state index contributed by atoms with van der Waals surface area (Å²) in [6, 6.07) is 7.92. The maximum atomic E-state index is 14.2. The van der Waals surface area contributed by atoms with E-state index in [2.05, 4.69) is 80.8 Å². The summed E-state index contributed by atoms with van der Waals surface area (Å²) in [5.41, 5.74) is 2.69. The molecule has 5 aliphatic rings. The van der Waals surface area contributed by atoms with Crippen molar-refractivity contribution < 1.29 is 14.7 Å². The zero-order valence-corrected chi connectivity index (χ0v) is 30.2. The van der Waals surface area contributed by atoms with E-state index in [4.69, 9.17) is 0 Å². The van der Waals surface area contributed by atoms with Crippen LogP contribution in [0.25, 0.3) is 11.8 Å². The molecule has 1 N–H and O–H groups in total. The van der Waals surface area contributed by atoms with Gasteiger partial charge in [-0.25, -0.2) is 4.68 Å². The molecule has 0 aliphatic heterocycles. The summed E-state index contributed by atoms with van der Waals surface area (Å²) in [7, 11) is 0. The number of rotatable bonds is 3. The molecule has 0 bridgehead atoms. The van der Waals surface area contributed by atoms with Crippen LogP contribution in [0.5, 0.6) is 0 Å². The molecular weight excluding hydrogens is 638 g/mol. The molecule has 4 fully saturated rings. The van der Waals surface area contributed by atoms with Crippen LogP contribution in [-0.2, 0) is 9.59 Å². The molecule has 0 unspecified atom stereocenters. The zero-order valence-electron chi connectivity index (χ0n) is 28.6. The Morgan fingerprint density at radius 1 is 1.02 bits per heavy atom. The summed E-state index contributed by atoms with van der Waals surface area (Å²) in [6.45, 7) is 16.5. The molecule has 0 amide bonds. The molecule has 1 aromatic heterocycles. The number of aromatic nitrogens is 3. The Morgan fingerprint density at radius 3 is 2.48 bits per heavy atom. The lowest BCUT2D eigenvalue weighted by Crippen LogP contribution is -2.65. The molecule has 0 saturated heterocycles. The van der Waals surface area contributed by atoms with Gasteiger partial charge in [-0.3, -0.25) is 9.59 Å². The van der Waals surface area contributed by atoms with Crippen molar-refractivity contribution in [1.82, 2.24) is 15.0 Å². The number of nitrogens with zero attached hydrogens (tertiary/aromatic N) is 3. The number of carboxylic acids is 1. The molecule has 46 heavy (non-hydrogen) atoms. The van der Waals surface area contributed by atoms with Crippen LogP contribution in [0.3, 0.4) is 0 Å². The number of carboxylic acid groups (broad SMARTS) is 1. The number of fused-ring (bicyclic) bond motifs is 7. The lowest BCUT2D eigenvalue weighted by atomic mass is 9.33. The SMILES string of the molecule is C[C@H]1[C@H](C)CC[C@]2(C(=O)O)CC[C@]3(C)C(=CC[C@@H]4[C@@]5(C)C/C(=C/c6cn(-c7ccccc7Br)nn6)C(=O)C(C)(C)[C@H]5CC[C@]43C)[C@H]12. The van der Waals surface area contributed by atoms with Gasteiger partial charge in [-0.2, -0.15) is 0 Å². The molecule has 2 aromatic rings. The van der Waals surface area contributed by atoms with Gasteiger partial charge in [0.25, 0.3) is 0 Å². The third-order valence-corrected chi connectivity index (χ3v) is 15.6. The van der Waals surface area contributed by atoms with Crippen molar-refractivity contribution in [2.45, 2.75) is 99.8 Å². The topological polar surface area (TPSA) is 85.1 Å². The van der Waals surface area contributed by atoms with Crippen molar-refractivity contribution in [3.05, 3.63) is 57.9 Å². The van der Waals surface area contributed by atoms with E-state index in [-0.39, 0.29) is 33.9 Å². The van der Waals surface area contributed by atoms with E-state index in [0.717, 1.165) is 67.1 Å². The number of hydrogen-bond acceptors (Lipinski definition) is 4. The van der Waals surface area contributed by atoms with Crippen molar-refractivity contribution in [3.63, 3.8) is 0 Å². The Hall–Kier alpha value is -2.54. The van der Waals surface area contributed by atoms with Gasteiger partial charge in [0.2, 0.25) is 0 Å². The molecule has 9 atom stereocenters. The van der Waals surface area contributed by atoms with Crippen molar-refractivity contribution >= 4 is 33.8 Å². The highest BCUT2D eigenvalue weighted by Crippen LogP contribution is 2.75. The number of Topliss-reactive ketones (excluding diaryl/α,β-unsaturated/α-hetero) is 1. The molecule has 7 rings (SSSR count). The number of halogens is 1. The van der Waals surface area contributed by atoms with Gasteiger partial charge in [-0.1, -0.05) is 77.5 Å². The van der Waals surface area contributed by atoms with Gasteiger partial charge in [0.15, 0.2) is 5.78 Å². The van der Waals surface area contributed by atoms with Crippen LogP contribution in [0.2, 0.25) is 0 Å². The lowest BCUT2D eigenvalue weighted by Gasteiger charge is -2.70. The Balaban J connectivity index is 1.29. The van der Waals surface area contributed by atoms with Crippen LogP contribution in [0.4, 0.5) is 0 Å². The first-order chi connectivity index (χ1) is 21.6. The van der Waals surface area contributed by atoms with Gasteiger partial charge in [-0.05, 0) is 137 Å². The van der Waals surface area contributed by atoms with E-state index in [1.165, 1.54) is 5.57 Å². The van der Waals surface area contributed by atoms with Gasteiger partial charge < -0.3 is 5.11 Å². The second-order valence-corrected chi connectivity index (χ2v) is 17.9. The van der Waals surface area contributed by atoms with E-state index in [9.17, 15) is 14.7 Å². The quantitative estimate of drug-likeness (QED) is 0.257. The fourth-order valence-corrected chi connectivity index (χ4v) is 12.6. The Morgan fingerprint density at radius 2 is 1.76 bits per heavy atom. The number of carbonyl (C=O) groups is 2. The highest BCUT2D eigenvalue weighted by atomic mass is 79.9. The smallest absolute Gasteiger partial charge is 0.310 e. The summed E-state index contributed by atoms with van der Waals surface area (Å²) >= 11 is 3.62. The first kappa shape index (κ1) is 32.0. The van der Waals surface area contributed by atoms with E-state index >= 15 is 0 Å². The maximum Gasteiger partial charge on any atom is 0.310 e. The monoisotopic (exact) mass is 687 g/mol. The fraction of sp³-hybridized carbons (Fsp3) is 0.641. The van der Waals surface area contributed by atoms with Gasteiger partial charge in [0.1, 0.15) is 5.69 Å². The minimum atomic E-state index is -0.635. The summed E-state index contributed by atoms with van der Waals surface area (Å²) in [4.78, 5) is 27.3. The first-order valence-electron chi connectivity index (χ1n) is 17.5. The van der Waals surface area contributed by atoms with E-state index in [0.29, 0.717) is 23.4 Å². The first-order valence-corrected chi connectivity index (χ1v) is 18.3. The van der Waals surface area contributed by atoms with Crippen LogP contribution < -0.4 is 0 Å². The number of aliphatic carboxylic acids is 1. The van der Waals surface area contributed by atoms with Crippen LogP contribution in [0.15, 0.2) is 52.2 Å². The van der Waals surface area contributed by atoms with Crippen LogP contribution >= 0.6 is 15.9 Å². The molecule has 1 heterocycles.